The first-order chi connectivity index (χ1) is 6.43. The van der Waals surface area contributed by atoms with E-state index in [9.17, 15) is 4.79 Å². The van der Waals surface area contributed by atoms with E-state index >= 15 is 0 Å². The van der Waals surface area contributed by atoms with E-state index < -0.39 is 0 Å². The van der Waals surface area contributed by atoms with E-state index in [1.54, 1.807) is 6.92 Å². The van der Waals surface area contributed by atoms with E-state index in [4.69, 9.17) is 0 Å². The van der Waals surface area contributed by atoms with Crippen LogP contribution in [-0.4, -0.2) is 5.78 Å². The van der Waals surface area contributed by atoms with Crippen LogP contribution < -0.4 is 0 Å². The smallest absolute Gasteiger partial charge is 0.130 e. The summed E-state index contributed by atoms with van der Waals surface area (Å²) >= 11 is 0. The van der Waals surface area contributed by atoms with Crippen molar-refractivity contribution >= 4 is 5.78 Å². The molecule has 0 N–H and O–H groups in total. The Morgan fingerprint density at radius 1 is 1.07 bits per heavy atom. The van der Waals surface area contributed by atoms with Crippen LogP contribution in [0, 0.1) is 5.92 Å². The lowest BCUT2D eigenvalue weighted by molar-refractivity contribution is -0.116. The quantitative estimate of drug-likeness (QED) is 0.606. The second kappa shape index (κ2) is 6.58. The zero-order valence-corrected chi connectivity index (χ0v) is 10.1. The van der Waals surface area contributed by atoms with Crippen LogP contribution in [0.1, 0.15) is 47.5 Å². The van der Waals surface area contributed by atoms with Crippen LogP contribution >= 0.6 is 0 Å². The van der Waals surface area contributed by atoms with Crippen molar-refractivity contribution in [3.8, 4) is 0 Å². The van der Waals surface area contributed by atoms with Crippen molar-refractivity contribution in [3.05, 3.63) is 23.3 Å². The van der Waals surface area contributed by atoms with Gasteiger partial charge in [-0.2, -0.15) is 0 Å². The molecular formula is C13H22O. The van der Waals surface area contributed by atoms with Crippen LogP contribution in [0.4, 0.5) is 0 Å². The molecule has 1 nitrogen and oxygen atoms in total. The van der Waals surface area contributed by atoms with E-state index in [1.807, 2.05) is 0 Å². The lowest BCUT2D eigenvalue weighted by atomic mass is 9.97. The predicted molar refractivity (Wildman–Crippen MR) is 62.3 cm³/mol. The summed E-state index contributed by atoms with van der Waals surface area (Å²) in [5.41, 5.74) is 2.66. The molecule has 0 aromatic heterocycles. The van der Waals surface area contributed by atoms with Crippen molar-refractivity contribution in [2.24, 2.45) is 5.92 Å². The molecule has 0 bridgehead atoms. The Kier molecular flexibility index (Phi) is 6.18. The number of ketones is 1. The highest BCUT2D eigenvalue weighted by Crippen LogP contribution is 2.16. The van der Waals surface area contributed by atoms with Gasteiger partial charge in [0, 0.05) is 6.42 Å². The molecule has 0 heterocycles. The van der Waals surface area contributed by atoms with Crippen LogP contribution in [0.25, 0.3) is 0 Å². The number of Topliss-reactive ketones (excluding diaryl/α,β-unsaturated/α-hetero) is 1. The summed E-state index contributed by atoms with van der Waals surface area (Å²) < 4.78 is 0. The maximum atomic E-state index is 10.9. The molecule has 0 saturated carbocycles. The molecule has 0 fully saturated rings. The summed E-state index contributed by atoms with van der Waals surface area (Å²) in [7, 11) is 0. The van der Waals surface area contributed by atoms with Crippen molar-refractivity contribution in [2.45, 2.75) is 47.5 Å². The van der Waals surface area contributed by atoms with Crippen molar-refractivity contribution in [1.82, 2.24) is 0 Å². The van der Waals surface area contributed by atoms with Gasteiger partial charge in [-0.25, -0.2) is 0 Å². The van der Waals surface area contributed by atoms with Gasteiger partial charge in [0.1, 0.15) is 5.78 Å². The molecule has 0 radical (unpaired) electrons. The first kappa shape index (κ1) is 13.2. The normalized spacial score (nSPS) is 11.7. The Morgan fingerprint density at radius 2 is 1.64 bits per heavy atom. The molecule has 14 heavy (non-hydrogen) atoms. The van der Waals surface area contributed by atoms with E-state index in [0.717, 1.165) is 6.42 Å². The van der Waals surface area contributed by atoms with Gasteiger partial charge in [0.25, 0.3) is 0 Å². The Bertz CT molecular complexity index is 240. The fraction of sp³-hybridized carbons (Fsp3) is 0.615. The number of carbonyl (C=O) groups excluding carboxylic acids is 1. The number of carbonyl (C=O) groups is 1. The van der Waals surface area contributed by atoms with E-state index in [1.165, 1.54) is 11.1 Å². The average molecular weight is 194 g/mol. The average Bonchev–Trinajstić information content (AvgIpc) is 2.02. The summed E-state index contributed by atoms with van der Waals surface area (Å²) in [6, 6.07) is 0. The molecule has 0 aromatic rings. The highest BCUT2D eigenvalue weighted by atomic mass is 16.1. The summed E-state index contributed by atoms with van der Waals surface area (Å²) in [5, 5.41) is 0. The molecule has 0 unspecified atom stereocenters. The minimum Gasteiger partial charge on any atom is -0.300 e. The number of hydrogen-bond acceptors (Lipinski definition) is 1. The van der Waals surface area contributed by atoms with Crippen molar-refractivity contribution in [2.75, 3.05) is 0 Å². The first-order valence-electron chi connectivity index (χ1n) is 5.27. The largest absolute Gasteiger partial charge is 0.300 e. The van der Waals surface area contributed by atoms with Crippen LogP contribution in [0.5, 0.6) is 0 Å². The highest BCUT2D eigenvalue weighted by Gasteiger charge is 2.03. The molecule has 0 aliphatic rings. The summed E-state index contributed by atoms with van der Waals surface area (Å²) in [6.07, 6.45) is 5.84. The maximum Gasteiger partial charge on any atom is 0.130 e. The van der Waals surface area contributed by atoms with Crippen LogP contribution in [0.15, 0.2) is 23.3 Å². The van der Waals surface area contributed by atoms with Gasteiger partial charge in [-0.05, 0) is 33.1 Å². The number of allylic oxidation sites excluding steroid dienone is 4. The molecule has 0 saturated heterocycles. The topological polar surface area (TPSA) is 17.1 Å². The van der Waals surface area contributed by atoms with Crippen LogP contribution in [0.2, 0.25) is 0 Å². The van der Waals surface area contributed by atoms with Gasteiger partial charge in [-0.15, -0.1) is 0 Å². The van der Waals surface area contributed by atoms with E-state index in [-0.39, 0.29) is 5.78 Å². The first-order valence-corrected chi connectivity index (χ1v) is 5.27. The Balaban J connectivity index is 4.37. The molecule has 0 aliphatic heterocycles. The molecule has 80 valence electrons. The zero-order valence-electron chi connectivity index (χ0n) is 10.1. The van der Waals surface area contributed by atoms with Crippen molar-refractivity contribution in [1.29, 1.82) is 0 Å². The standard InChI is InChI=1S/C13H22O/c1-10(2)6-8-13(11(3)4)9-7-12(5)14/h6,8,11H,7,9H2,1-5H3/b13-8-. The summed E-state index contributed by atoms with van der Waals surface area (Å²) in [5.74, 6) is 0.804. The van der Waals surface area contributed by atoms with Crippen LogP contribution in [-0.2, 0) is 4.79 Å². The highest BCUT2D eigenvalue weighted by molar-refractivity contribution is 5.75. The Labute approximate surface area is 87.9 Å². The predicted octanol–water partition coefficient (Wildman–Crippen LogP) is 3.90. The number of rotatable bonds is 5. The molecular weight excluding hydrogens is 172 g/mol. The minimum atomic E-state index is 0.272. The monoisotopic (exact) mass is 194 g/mol. The Morgan fingerprint density at radius 3 is 2.00 bits per heavy atom. The molecule has 1 heteroatoms. The van der Waals surface area contributed by atoms with Gasteiger partial charge in [-0.3, -0.25) is 0 Å². The van der Waals surface area contributed by atoms with Gasteiger partial charge in [0.15, 0.2) is 0 Å². The minimum absolute atomic E-state index is 0.272. The third-order valence-corrected chi connectivity index (χ3v) is 2.14. The van der Waals surface area contributed by atoms with Gasteiger partial charge in [-0.1, -0.05) is 37.1 Å². The summed E-state index contributed by atoms with van der Waals surface area (Å²) in [6.45, 7) is 10.2. The van der Waals surface area contributed by atoms with Crippen molar-refractivity contribution in [3.63, 3.8) is 0 Å². The van der Waals surface area contributed by atoms with Gasteiger partial charge in [0.05, 0.1) is 0 Å². The number of hydrogen-bond donors (Lipinski definition) is 0. The fourth-order valence-corrected chi connectivity index (χ4v) is 1.16. The maximum absolute atomic E-state index is 10.9. The van der Waals surface area contributed by atoms with Gasteiger partial charge in [0.2, 0.25) is 0 Å². The second-order valence-corrected chi connectivity index (χ2v) is 4.34. The fourth-order valence-electron chi connectivity index (χ4n) is 1.16. The van der Waals surface area contributed by atoms with Crippen molar-refractivity contribution < 1.29 is 4.79 Å². The lowest BCUT2D eigenvalue weighted by Crippen LogP contribution is -1.98. The van der Waals surface area contributed by atoms with E-state index in [2.05, 4.69) is 39.8 Å². The van der Waals surface area contributed by atoms with Gasteiger partial charge >= 0.3 is 0 Å². The van der Waals surface area contributed by atoms with Gasteiger partial charge < -0.3 is 4.79 Å². The molecule has 0 aromatic carbocycles. The molecule has 0 rings (SSSR count). The summed E-state index contributed by atoms with van der Waals surface area (Å²) in [4.78, 5) is 10.9. The third kappa shape index (κ3) is 6.64. The molecule has 0 amide bonds. The SMILES string of the molecule is CC(=O)CC/C(=C/C=C(C)C)C(C)C. The Hall–Kier alpha value is -0.850. The lowest BCUT2D eigenvalue weighted by Gasteiger charge is -2.09. The van der Waals surface area contributed by atoms with Crippen LogP contribution in [0.3, 0.4) is 0 Å². The third-order valence-electron chi connectivity index (χ3n) is 2.14. The zero-order chi connectivity index (χ0) is 11.1. The van der Waals surface area contributed by atoms with E-state index in [0.29, 0.717) is 12.3 Å². The molecule has 0 spiro atoms. The molecule has 0 atom stereocenters. The second-order valence-electron chi connectivity index (χ2n) is 4.34. The molecule has 0 aliphatic carbocycles.